The molecule has 0 radical (unpaired) electrons. The van der Waals surface area contributed by atoms with Gasteiger partial charge in [0.1, 0.15) is 5.60 Å². The third-order valence-corrected chi connectivity index (χ3v) is 4.35. The number of nitrogens with one attached hydrogen (secondary N) is 1. The van der Waals surface area contributed by atoms with Gasteiger partial charge < -0.3 is 10.1 Å². The van der Waals surface area contributed by atoms with Gasteiger partial charge in [0.05, 0.1) is 5.56 Å². The summed E-state index contributed by atoms with van der Waals surface area (Å²) in [6.07, 6.45) is 8.33. The Hall–Kier alpha value is -2.34. The number of nitrogens with zero attached hydrogens (tertiary/aromatic N) is 3. The zero-order valence-corrected chi connectivity index (χ0v) is 14.1. The second-order valence-electron chi connectivity index (χ2n) is 6.27. The molecule has 0 bridgehead atoms. The van der Waals surface area contributed by atoms with E-state index >= 15 is 0 Å². The number of aryl methyl sites for hydroxylation is 1. The number of ether oxygens (including phenoxy) is 1. The fourth-order valence-corrected chi connectivity index (χ4v) is 2.83. The minimum atomic E-state index is -0.396. The van der Waals surface area contributed by atoms with Crippen molar-refractivity contribution < 1.29 is 9.53 Å². The summed E-state index contributed by atoms with van der Waals surface area (Å²) in [5.41, 5.74) is 1.75. The first kappa shape index (κ1) is 16.5. The van der Waals surface area contributed by atoms with Gasteiger partial charge in [-0.2, -0.15) is 0 Å². The van der Waals surface area contributed by atoms with Gasteiger partial charge in [0.15, 0.2) is 5.82 Å². The van der Waals surface area contributed by atoms with Crippen LogP contribution in [0, 0.1) is 6.92 Å². The number of aromatic nitrogens is 3. The molecule has 1 N–H and O–H groups in total. The van der Waals surface area contributed by atoms with Crippen molar-refractivity contribution >= 4 is 5.91 Å². The third kappa shape index (κ3) is 3.59. The van der Waals surface area contributed by atoms with Gasteiger partial charge in [-0.3, -0.25) is 9.78 Å². The number of carbonyl (C=O) groups is 1. The second-order valence-corrected chi connectivity index (χ2v) is 6.27. The largest absolute Gasteiger partial charge is 0.367 e. The predicted molar refractivity (Wildman–Crippen MR) is 89.3 cm³/mol. The maximum absolute atomic E-state index is 12.2. The Kier molecular flexibility index (Phi) is 4.85. The molecule has 6 nitrogen and oxygen atoms in total. The molecule has 3 rings (SSSR count). The Bertz CT molecular complexity index is 709. The van der Waals surface area contributed by atoms with Gasteiger partial charge in [-0.05, 0) is 45.2 Å². The maximum Gasteiger partial charge on any atom is 0.253 e. The number of carbonyl (C=O) groups excluding carboxylic acids is 1. The smallest absolute Gasteiger partial charge is 0.253 e. The van der Waals surface area contributed by atoms with Crippen molar-refractivity contribution in [2.45, 2.75) is 45.3 Å². The SMILES string of the molecule is Cc1ncccc1C(=O)NCc1cnc(C2(C)CCCCO2)nc1. The van der Waals surface area contributed by atoms with Crippen molar-refractivity contribution in [3.63, 3.8) is 0 Å². The first-order chi connectivity index (χ1) is 11.6. The van der Waals surface area contributed by atoms with E-state index in [1.807, 2.05) is 13.8 Å². The molecule has 1 fully saturated rings. The van der Waals surface area contributed by atoms with E-state index in [1.165, 1.54) is 0 Å². The maximum atomic E-state index is 12.2. The predicted octanol–water partition coefficient (Wildman–Crippen LogP) is 2.53. The Balaban J connectivity index is 1.62. The molecule has 6 heteroatoms. The molecule has 0 aliphatic carbocycles. The van der Waals surface area contributed by atoms with E-state index in [4.69, 9.17) is 4.74 Å². The fraction of sp³-hybridized carbons (Fsp3) is 0.444. The average Bonchev–Trinajstić information content (AvgIpc) is 2.61. The van der Waals surface area contributed by atoms with Gasteiger partial charge in [-0.15, -0.1) is 0 Å². The van der Waals surface area contributed by atoms with E-state index in [-0.39, 0.29) is 5.91 Å². The summed E-state index contributed by atoms with van der Waals surface area (Å²) < 4.78 is 5.86. The van der Waals surface area contributed by atoms with Crippen LogP contribution in [0.25, 0.3) is 0 Å². The van der Waals surface area contributed by atoms with Crippen molar-refractivity contribution in [2.24, 2.45) is 0 Å². The van der Waals surface area contributed by atoms with Crippen molar-refractivity contribution in [1.29, 1.82) is 0 Å². The molecule has 0 saturated carbocycles. The number of amides is 1. The summed E-state index contributed by atoms with van der Waals surface area (Å²) in [5.74, 6) is 0.563. The summed E-state index contributed by atoms with van der Waals surface area (Å²) in [6, 6.07) is 3.52. The van der Waals surface area contributed by atoms with Gasteiger partial charge >= 0.3 is 0 Å². The van der Waals surface area contributed by atoms with Gasteiger partial charge in [0, 0.05) is 43.0 Å². The van der Waals surface area contributed by atoms with Crippen LogP contribution in [0.1, 0.15) is 53.6 Å². The Morgan fingerprint density at radius 3 is 2.75 bits per heavy atom. The van der Waals surface area contributed by atoms with Crippen LogP contribution in [0.2, 0.25) is 0 Å². The Morgan fingerprint density at radius 2 is 2.08 bits per heavy atom. The lowest BCUT2D eigenvalue weighted by atomic mass is 9.95. The molecule has 2 aromatic heterocycles. The van der Waals surface area contributed by atoms with Crippen LogP contribution in [-0.4, -0.2) is 27.5 Å². The minimum Gasteiger partial charge on any atom is -0.367 e. The Labute approximate surface area is 141 Å². The molecule has 0 aromatic carbocycles. The van der Waals surface area contributed by atoms with Gasteiger partial charge in [-0.1, -0.05) is 0 Å². The quantitative estimate of drug-likeness (QED) is 0.934. The van der Waals surface area contributed by atoms with Crippen molar-refractivity contribution in [1.82, 2.24) is 20.3 Å². The highest BCUT2D eigenvalue weighted by atomic mass is 16.5. The molecule has 24 heavy (non-hydrogen) atoms. The van der Waals surface area contributed by atoms with E-state index in [1.54, 1.807) is 30.7 Å². The lowest BCUT2D eigenvalue weighted by Gasteiger charge is -2.32. The third-order valence-electron chi connectivity index (χ3n) is 4.35. The summed E-state index contributed by atoms with van der Waals surface area (Å²) in [7, 11) is 0. The molecule has 1 aliphatic rings. The molecule has 0 spiro atoms. The normalized spacial score (nSPS) is 20.6. The van der Waals surface area contributed by atoms with Crippen LogP contribution in [-0.2, 0) is 16.9 Å². The van der Waals surface area contributed by atoms with E-state index < -0.39 is 5.60 Å². The monoisotopic (exact) mass is 326 g/mol. The highest BCUT2D eigenvalue weighted by Crippen LogP contribution is 2.32. The molecule has 1 aliphatic heterocycles. The average molecular weight is 326 g/mol. The van der Waals surface area contributed by atoms with Crippen molar-refractivity contribution in [3.8, 4) is 0 Å². The summed E-state index contributed by atoms with van der Waals surface area (Å²) in [6.45, 7) is 4.99. The van der Waals surface area contributed by atoms with Gasteiger partial charge in [0.25, 0.3) is 5.91 Å². The molecule has 1 saturated heterocycles. The minimum absolute atomic E-state index is 0.146. The van der Waals surface area contributed by atoms with Crippen molar-refractivity contribution in [3.05, 3.63) is 53.4 Å². The molecule has 1 unspecified atom stereocenters. The zero-order chi connectivity index (χ0) is 17.0. The fourth-order valence-electron chi connectivity index (χ4n) is 2.83. The first-order valence-electron chi connectivity index (χ1n) is 8.24. The molecular weight excluding hydrogens is 304 g/mol. The molecule has 1 amide bonds. The molecular formula is C18H22N4O2. The lowest BCUT2D eigenvalue weighted by Crippen LogP contribution is -2.32. The number of pyridine rings is 1. The van der Waals surface area contributed by atoms with Crippen LogP contribution in [0.5, 0.6) is 0 Å². The lowest BCUT2D eigenvalue weighted by molar-refractivity contribution is -0.0760. The topological polar surface area (TPSA) is 77.0 Å². The standard InChI is InChI=1S/C18H22N4O2/c1-13-15(6-5-8-19-13)16(23)20-10-14-11-21-17(22-12-14)18(2)7-3-4-9-24-18/h5-6,8,11-12H,3-4,7,9-10H2,1-2H3,(H,20,23). The number of rotatable bonds is 4. The van der Waals surface area contributed by atoms with Gasteiger partial charge in [0.2, 0.25) is 0 Å². The zero-order valence-electron chi connectivity index (χ0n) is 14.1. The van der Waals surface area contributed by atoms with Crippen LogP contribution >= 0.6 is 0 Å². The van der Waals surface area contributed by atoms with E-state index in [0.29, 0.717) is 23.6 Å². The molecule has 1 atom stereocenters. The van der Waals surface area contributed by atoms with Gasteiger partial charge in [-0.25, -0.2) is 9.97 Å². The van der Waals surface area contributed by atoms with E-state index in [0.717, 1.165) is 31.4 Å². The van der Waals surface area contributed by atoms with Crippen LogP contribution < -0.4 is 5.32 Å². The molecule has 3 heterocycles. The molecule has 2 aromatic rings. The highest BCUT2D eigenvalue weighted by molar-refractivity contribution is 5.95. The second kappa shape index (κ2) is 7.05. The summed E-state index contributed by atoms with van der Waals surface area (Å²) in [5, 5.41) is 2.87. The van der Waals surface area contributed by atoms with Crippen LogP contribution in [0.3, 0.4) is 0 Å². The summed E-state index contributed by atoms with van der Waals surface area (Å²) >= 11 is 0. The summed E-state index contributed by atoms with van der Waals surface area (Å²) in [4.78, 5) is 25.2. The Morgan fingerprint density at radius 1 is 1.29 bits per heavy atom. The van der Waals surface area contributed by atoms with Crippen LogP contribution in [0.15, 0.2) is 30.7 Å². The highest BCUT2D eigenvalue weighted by Gasteiger charge is 2.32. The first-order valence-corrected chi connectivity index (χ1v) is 8.24. The molecule has 126 valence electrons. The van der Waals surface area contributed by atoms with Crippen molar-refractivity contribution in [2.75, 3.05) is 6.61 Å². The number of hydrogen-bond acceptors (Lipinski definition) is 5. The number of hydrogen-bond donors (Lipinski definition) is 1. The van der Waals surface area contributed by atoms with E-state index in [2.05, 4.69) is 20.3 Å². The van der Waals surface area contributed by atoms with E-state index in [9.17, 15) is 4.79 Å². The van der Waals surface area contributed by atoms with Crippen LogP contribution in [0.4, 0.5) is 0 Å².